The number of hydrogen-bond donors (Lipinski definition) is 1. The van der Waals surface area contributed by atoms with Gasteiger partial charge in [-0.25, -0.2) is 0 Å². The Morgan fingerprint density at radius 1 is 1.32 bits per heavy atom. The minimum absolute atomic E-state index is 0. The van der Waals surface area contributed by atoms with Gasteiger partial charge < -0.3 is 15.4 Å². The molecule has 1 rings (SSSR count). The molecule has 0 aromatic heterocycles. The molecule has 0 spiro atoms. The molecule has 1 aliphatic heterocycles. The van der Waals surface area contributed by atoms with Crippen molar-refractivity contribution < 1.29 is 4.74 Å². The van der Waals surface area contributed by atoms with Gasteiger partial charge in [0.25, 0.3) is 0 Å². The largest absolute Gasteiger partial charge is 0.376 e. The van der Waals surface area contributed by atoms with Gasteiger partial charge in [-0.1, -0.05) is 13.8 Å². The Kier molecular flexibility index (Phi) is 9.20. The first kappa shape index (κ1) is 19.1. The van der Waals surface area contributed by atoms with Crippen molar-refractivity contribution in [2.45, 2.75) is 45.8 Å². The van der Waals surface area contributed by atoms with Gasteiger partial charge in [-0.05, 0) is 33.4 Å². The third-order valence-electron chi connectivity index (χ3n) is 3.52. The summed E-state index contributed by atoms with van der Waals surface area (Å²) < 4.78 is 5.96. The third-order valence-corrected chi connectivity index (χ3v) is 3.52. The van der Waals surface area contributed by atoms with E-state index in [2.05, 4.69) is 37.5 Å². The summed E-state index contributed by atoms with van der Waals surface area (Å²) in [5.41, 5.74) is 5.95. The molecule has 4 nitrogen and oxygen atoms in total. The summed E-state index contributed by atoms with van der Waals surface area (Å²) in [5, 5.41) is 0. The van der Waals surface area contributed by atoms with Gasteiger partial charge in [-0.3, -0.25) is 4.90 Å². The minimum atomic E-state index is -0.101. The quantitative estimate of drug-likeness (QED) is 0.738. The number of halogens is 1. The van der Waals surface area contributed by atoms with E-state index in [1.165, 1.54) is 0 Å². The maximum atomic E-state index is 6.05. The lowest BCUT2D eigenvalue weighted by Gasteiger charge is -2.26. The van der Waals surface area contributed by atoms with Crippen LogP contribution in [0.4, 0.5) is 0 Å². The molecule has 2 N–H and O–H groups in total. The molecule has 0 radical (unpaired) electrons. The predicted molar refractivity (Wildman–Crippen MR) is 84.1 cm³/mol. The van der Waals surface area contributed by atoms with Crippen molar-refractivity contribution in [1.29, 1.82) is 0 Å². The molecule has 5 heteroatoms. The zero-order valence-electron chi connectivity index (χ0n) is 13.0. The highest BCUT2D eigenvalue weighted by Gasteiger charge is 2.26. The molecule has 0 aromatic rings. The van der Waals surface area contributed by atoms with E-state index in [9.17, 15) is 0 Å². The van der Waals surface area contributed by atoms with E-state index in [0.29, 0.717) is 6.10 Å². The van der Waals surface area contributed by atoms with Crippen LogP contribution >= 0.6 is 12.4 Å². The average Bonchev–Trinajstić information content (AvgIpc) is 2.69. The number of nitrogens with two attached hydrogens (primary N) is 1. The third kappa shape index (κ3) is 8.10. The van der Waals surface area contributed by atoms with Crippen LogP contribution < -0.4 is 5.73 Å². The highest BCUT2D eigenvalue weighted by Crippen LogP contribution is 2.14. The van der Waals surface area contributed by atoms with Crippen LogP contribution in [-0.2, 0) is 4.74 Å². The summed E-state index contributed by atoms with van der Waals surface area (Å²) in [6, 6.07) is 0. The molecule has 0 aliphatic carbocycles. The Bertz CT molecular complexity index is 229. The summed E-state index contributed by atoms with van der Waals surface area (Å²) in [7, 11) is 0. The highest BCUT2D eigenvalue weighted by molar-refractivity contribution is 5.85. The molecule has 1 heterocycles. The second-order valence-corrected chi connectivity index (χ2v) is 6.03. The lowest BCUT2D eigenvalue weighted by molar-refractivity contribution is 0.0434. The van der Waals surface area contributed by atoms with Gasteiger partial charge in [0.15, 0.2) is 0 Å². The van der Waals surface area contributed by atoms with Gasteiger partial charge in [-0.2, -0.15) is 0 Å². The summed E-state index contributed by atoms with van der Waals surface area (Å²) >= 11 is 0. The molecule has 19 heavy (non-hydrogen) atoms. The van der Waals surface area contributed by atoms with E-state index in [-0.39, 0.29) is 17.9 Å². The molecule has 1 unspecified atom stereocenters. The molecule has 0 bridgehead atoms. The van der Waals surface area contributed by atoms with Crippen LogP contribution in [0.3, 0.4) is 0 Å². The molecule has 1 aliphatic rings. The second kappa shape index (κ2) is 9.14. The Hall–Kier alpha value is 0.130. The second-order valence-electron chi connectivity index (χ2n) is 6.03. The van der Waals surface area contributed by atoms with Crippen LogP contribution in [-0.4, -0.2) is 67.3 Å². The van der Waals surface area contributed by atoms with E-state index in [4.69, 9.17) is 10.5 Å². The molecule has 1 saturated heterocycles. The van der Waals surface area contributed by atoms with Crippen LogP contribution in [0.25, 0.3) is 0 Å². The van der Waals surface area contributed by atoms with Crippen molar-refractivity contribution in [1.82, 2.24) is 9.80 Å². The first-order valence-corrected chi connectivity index (χ1v) is 7.29. The minimum Gasteiger partial charge on any atom is -0.376 e. The number of likely N-dealkylation sites (tertiary alicyclic amines) is 1. The number of nitrogens with zero attached hydrogens (tertiary/aromatic N) is 2. The van der Waals surface area contributed by atoms with Crippen molar-refractivity contribution in [2.75, 3.05) is 45.9 Å². The SMILES string of the molecule is CCN(CC)CCOC1CCN(CC(C)(C)N)C1.Cl. The molecule has 1 fully saturated rings. The van der Waals surface area contributed by atoms with E-state index in [0.717, 1.165) is 52.3 Å². The molecule has 0 aromatic carbocycles. The number of ether oxygens (including phenoxy) is 1. The molecular formula is C14H32ClN3O. The number of likely N-dealkylation sites (N-methyl/N-ethyl adjacent to an activating group) is 1. The number of hydrogen-bond acceptors (Lipinski definition) is 4. The Balaban J connectivity index is 0.00000324. The van der Waals surface area contributed by atoms with Crippen molar-refractivity contribution >= 4 is 12.4 Å². The van der Waals surface area contributed by atoms with Crippen molar-refractivity contribution in [3.8, 4) is 0 Å². The molecule has 0 amide bonds. The summed E-state index contributed by atoms with van der Waals surface area (Å²) in [6.07, 6.45) is 1.55. The molecule has 0 saturated carbocycles. The maximum Gasteiger partial charge on any atom is 0.0714 e. The molecule has 116 valence electrons. The Labute approximate surface area is 125 Å². The van der Waals surface area contributed by atoms with E-state index < -0.39 is 0 Å². The fourth-order valence-corrected chi connectivity index (χ4v) is 2.54. The fourth-order valence-electron chi connectivity index (χ4n) is 2.54. The fraction of sp³-hybridized carbons (Fsp3) is 1.00. The van der Waals surface area contributed by atoms with Crippen LogP contribution in [0.2, 0.25) is 0 Å². The van der Waals surface area contributed by atoms with E-state index in [1.807, 2.05) is 0 Å². The standard InChI is InChI=1S/C14H31N3O.ClH/c1-5-16(6-2)9-10-18-13-7-8-17(11-13)12-14(3,4)15;/h13H,5-12,15H2,1-4H3;1H. The van der Waals surface area contributed by atoms with Gasteiger partial charge in [0.2, 0.25) is 0 Å². The zero-order chi connectivity index (χ0) is 13.6. The van der Waals surface area contributed by atoms with Crippen LogP contribution in [0.15, 0.2) is 0 Å². The van der Waals surface area contributed by atoms with Gasteiger partial charge in [0.05, 0.1) is 12.7 Å². The highest BCUT2D eigenvalue weighted by atomic mass is 35.5. The van der Waals surface area contributed by atoms with Crippen LogP contribution in [0, 0.1) is 0 Å². The Morgan fingerprint density at radius 3 is 2.47 bits per heavy atom. The number of rotatable bonds is 8. The first-order valence-electron chi connectivity index (χ1n) is 7.29. The smallest absolute Gasteiger partial charge is 0.0714 e. The van der Waals surface area contributed by atoms with Gasteiger partial charge >= 0.3 is 0 Å². The summed E-state index contributed by atoms with van der Waals surface area (Å²) in [6.45, 7) is 15.8. The van der Waals surface area contributed by atoms with Crippen molar-refractivity contribution in [3.63, 3.8) is 0 Å². The van der Waals surface area contributed by atoms with Crippen LogP contribution in [0.5, 0.6) is 0 Å². The van der Waals surface area contributed by atoms with Crippen molar-refractivity contribution in [3.05, 3.63) is 0 Å². The van der Waals surface area contributed by atoms with Gasteiger partial charge in [0, 0.05) is 31.7 Å². The molecular weight excluding hydrogens is 262 g/mol. The average molecular weight is 294 g/mol. The van der Waals surface area contributed by atoms with E-state index in [1.54, 1.807) is 0 Å². The maximum absolute atomic E-state index is 6.05. The molecule has 1 atom stereocenters. The summed E-state index contributed by atoms with van der Waals surface area (Å²) in [4.78, 5) is 4.82. The monoisotopic (exact) mass is 293 g/mol. The topological polar surface area (TPSA) is 41.7 Å². The first-order chi connectivity index (χ1) is 8.44. The van der Waals surface area contributed by atoms with Gasteiger partial charge in [-0.15, -0.1) is 12.4 Å². The Morgan fingerprint density at radius 2 is 1.95 bits per heavy atom. The lowest BCUT2D eigenvalue weighted by Crippen LogP contribution is -2.44. The normalized spacial score (nSPS) is 20.8. The lowest BCUT2D eigenvalue weighted by atomic mass is 10.1. The van der Waals surface area contributed by atoms with E-state index >= 15 is 0 Å². The zero-order valence-corrected chi connectivity index (χ0v) is 13.8. The van der Waals surface area contributed by atoms with Gasteiger partial charge in [0.1, 0.15) is 0 Å². The summed E-state index contributed by atoms with van der Waals surface area (Å²) in [5.74, 6) is 0. The van der Waals surface area contributed by atoms with Crippen LogP contribution in [0.1, 0.15) is 34.1 Å². The predicted octanol–water partition coefficient (Wildman–Crippen LogP) is 1.58. The van der Waals surface area contributed by atoms with Crippen molar-refractivity contribution in [2.24, 2.45) is 5.73 Å².